The van der Waals surface area contributed by atoms with Crippen molar-refractivity contribution < 1.29 is 4.42 Å². The maximum Gasteiger partial charge on any atom is 0.0935 e. The molecule has 1 unspecified atom stereocenters. The van der Waals surface area contributed by atoms with Gasteiger partial charge in [-0.1, -0.05) is 15.9 Å². The van der Waals surface area contributed by atoms with E-state index in [2.05, 4.69) is 62.0 Å². The second kappa shape index (κ2) is 6.02. The second-order valence-electron chi connectivity index (χ2n) is 3.84. The minimum absolute atomic E-state index is 0.289. The summed E-state index contributed by atoms with van der Waals surface area (Å²) in [6, 6.07) is 8.69. The van der Waals surface area contributed by atoms with E-state index in [1.165, 1.54) is 14.7 Å². The van der Waals surface area contributed by atoms with Crippen molar-refractivity contribution in [2.24, 2.45) is 0 Å². The Morgan fingerprint density at radius 2 is 2.24 bits per heavy atom. The number of likely N-dealkylation sites (N-methyl/N-ethyl adjacent to an activating group) is 1. The van der Waals surface area contributed by atoms with Gasteiger partial charge in [-0.15, -0.1) is 0 Å². The van der Waals surface area contributed by atoms with Gasteiger partial charge in [0.25, 0.3) is 0 Å². The highest BCUT2D eigenvalue weighted by Crippen LogP contribution is 2.27. The summed E-state index contributed by atoms with van der Waals surface area (Å²) in [6.07, 6.45) is 4.43. The molecule has 0 radical (unpaired) electrons. The van der Waals surface area contributed by atoms with Crippen LogP contribution >= 0.6 is 38.5 Å². The molecule has 0 fully saturated rings. The summed E-state index contributed by atoms with van der Waals surface area (Å²) in [4.78, 5) is 0. The van der Waals surface area contributed by atoms with Crippen LogP contribution in [0.4, 0.5) is 0 Å². The monoisotopic (exact) mass is 405 g/mol. The zero-order valence-electron chi connectivity index (χ0n) is 9.41. The fraction of sp³-hybridized carbons (Fsp3) is 0.231. The van der Waals surface area contributed by atoms with Gasteiger partial charge in [-0.25, -0.2) is 0 Å². The van der Waals surface area contributed by atoms with Crippen molar-refractivity contribution in [2.75, 3.05) is 7.05 Å². The quantitative estimate of drug-likeness (QED) is 0.773. The number of hydrogen-bond acceptors (Lipinski definition) is 2. The van der Waals surface area contributed by atoms with E-state index in [0.717, 1.165) is 10.9 Å². The Kier molecular flexibility index (Phi) is 4.64. The van der Waals surface area contributed by atoms with Crippen LogP contribution in [-0.2, 0) is 6.42 Å². The largest absolute Gasteiger partial charge is 0.472 e. The Hall–Kier alpha value is -0.330. The molecular weight excluding hydrogens is 393 g/mol. The van der Waals surface area contributed by atoms with Crippen LogP contribution in [0.3, 0.4) is 0 Å². The smallest absolute Gasteiger partial charge is 0.0935 e. The zero-order chi connectivity index (χ0) is 12.3. The first-order chi connectivity index (χ1) is 8.20. The van der Waals surface area contributed by atoms with Crippen molar-refractivity contribution in [1.29, 1.82) is 0 Å². The lowest BCUT2D eigenvalue weighted by Crippen LogP contribution is -2.19. The van der Waals surface area contributed by atoms with Gasteiger partial charge in [0.15, 0.2) is 0 Å². The zero-order valence-corrected chi connectivity index (χ0v) is 13.2. The lowest BCUT2D eigenvalue weighted by Gasteiger charge is -2.17. The number of rotatable bonds is 4. The standard InChI is InChI=1S/C13H13BrINO/c1-16-13(6-9-4-5-17-8-9)11-7-10(15)2-3-12(11)14/h2-5,7-8,13,16H,6H2,1H3. The molecule has 0 aliphatic rings. The average Bonchev–Trinajstić information content (AvgIpc) is 2.82. The van der Waals surface area contributed by atoms with Crippen LogP contribution in [0, 0.1) is 3.57 Å². The molecule has 0 saturated carbocycles. The summed E-state index contributed by atoms with van der Waals surface area (Å²) < 4.78 is 7.49. The second-order valence-corrected chi connectivity index (χ2v) is 5.94. The molecule has 0 aliphatic carbocycles. The Bertz CT molecular complexity index is 484. The number of hydrogen-bond donors (Lipinski definition) is 1. The third kappa shape index (κ3) is 3.33. The van der Waals surface area contributed by atoms with Crippen molar-refractivity contribution in [3.8, 4) is 0 Å². The molecular formula is C13H13BrINO. The van der Waals surface area contributed by atoms with Crippen LogP contribution in [-0.4, -0.2) is 7.05 Å². The molecule has 2 aromatic rings. The molecule has 0 aliphatic heterocycles. The molecule has 2 nitrogen and oxygen atoms in total. The van der Waals surface area contributed by atoms with Crippen molar-refractivity contribution in [3.63, 3.8) is 0 Å². The van der Waals surface area contributed by atoms with E-state index in [4.69, 9.17) is 4.42 Å². The molecule has 2 rings (SSSR count). The average molecular weight is 406 g/mol. The maximum absolute atomic E-state index is 5.11. The summed E-state index contributed by atoms with van der Waals surface area (Å²) >= 11 is 5.94. The molecule has 1 aromatic heterocycles. The van der Waals surface area contributed by atoms with Gasteiger partial charge in [0, 0.05) is 14.1 Å². The van der Waals surface area contributed by atoms with Crippen LogP contribution < -0.4 is 5.32 Å². The molecule has 4 heteroatoms. The third-order valence-electron chi connectivity index (χ3n) is 2.70. The molecule has 0 saturated heterocycles. The highest BCUT2D eigenvalue weighted by Gasteiger charge is 2.14. The molecule has 0 spiro atoms. The summed E-state index contributed by atoms with van der Waals surface area (Å²) in [5.74, 6) is 0. The molecule has 0 amide bonds. The highest BCUT2D eigenvalue weighted by atomic mass is 127. The van der Waals surface area contributed by atoms with E-state index < -0.39 is 0 Å². The summed E-state index contributed by atoms with van der Waals surface area (Å²) in [6.45, 7) is 0. The summed E-state index contributed by atoms with van der Waals surface area (Å²) in [5.41, 5.74) is 2.48. The molecule has 17 heavy (non-hydrogen) atoms. The Labute approximate surface area is 123 Å². The first kappa shape index (κ1) is 13.1. The number of furan rings is 1. The first-order valence-corrected chi connectivity index (χ1v) is 7.21. The first-order valence-electron chi connectivity index (χ1n) is 5.34. The van der Waals surface area contributed by atoms with Crippen molar-refractivity contribution in [3.05, 3.63) is 56.0 Å². The SMILES string of the molecule is CNC(Cc1ccoc1)c1cc(I)ccc1Br. The van der Waals surface area contributed by atoms with Crippen molar-refractivity contribution >= 4 is 38.5 Å². The highest BCUT2D eigenvalue weighted by molar-refractivity contribution is 14.1. The van der Waals surface area contributed by atoms with Gasteiger partial charge in [0.2, 0.25) is 0 Å². The number of nitrogens with one attached hydrogen (secondary N) is 1. The van der Waals surface area contributed by atoms with Gasteiger partial charge < -0.3 is 9.73 Å². The topological polar surface area (TPSA) is 25.2 Å². The Morgan fingerprint density at radius 3 is 2.88 bits per heavy atom. The fourth-order valence-corrected chi connectivity index (χ4v) is 2.83. The van der Waals surface area contributed by atoms with E-state index in [0.29, 0.717) is 0 Å². The molecule has 1 atom stereocenters. The predicted molar refractivity (Wildman–Crippen MR) is 81.1 cm³/mol. The van der Waals surface area contributed by atoms with Gasteiger partial charge in [0.1, 0.15) is 0 Å². The van der Waals surface area contributed by atoms with Gasteiger partial charge in [0.05, 0.1) is 12.5 Å². The molecule has 90 valence electrons. The van der Waals surface area contributed by atoms with Crippen LogP contribution in [0.2, 0.25) is 0 Å². The van der Waals surface area contributed by atoms with E-state index in [-0.39, 0.29) is 6.04 Å². The lowest BCUT2D eigenvalue weighted by molar-refractivity contribution is 0.551. The molecule has 0 bridgehead atoms. The minimum atomic E-state index is 0.289. The van der Waals surface area contributed by atoms with E-state index >= 15 is 0 Å². The van der Waals surface area contributed by atoms with Crippen LogP contribution in [0.5, 0.6) is 0 Å². The van der Waals surface area contributed by atoms with Crippen LogP contribution in [0.15, 0.2) is 45.7 Å². The number of benzene rings is 1. The summed E-state index contributed by atoms with van der Waals surface area (Å²) in [7, 11) is 1.98. The van der Waals surface area contributed by atoms with E-state index in [1.54, 1.807) is 12.5 Å². The van der Waals surface area contributed by atoms with Crippen molar-refractivity contribution in [1.82, 2.24) is 5.32 Å². The molecule has 1 heterocycles. The fourth-order valence-electron chi connectivity index (χ4n) is 1.79. The van der Waals surface area contributed by atoms with Gasteiger partial charge >= 0.3 is 0 Å². The maximum atomic E-state index is 5.11. The lowest BCUT2D eigenvalue weighted by atomic mass is 10.0. The van der Waals surface area contributed by atoms with Gasteiger partial charge in [-0.3, -0.25) is 0 Å². The van der Waals surface area contributed by atoms with Crippen LogP contribution in [0.25, 0.3) is 0 Å². The van der Waals surface area contributed by atoms with Gasteiger partial charge in [-0.2, -0.15) is 0 Å². The molecule has 1 N–H and O–H groups in total. The van der Waals surface area contributed by atoms with Gasteiger partial charge in [-0.05, 0) is 71.5 Å². The molecule has 1 aromatic carbocycles. The number of halogens is 2. The van der Waals surface area contributed by atoms with Crippen molar-refractivity contribution in [2.45, 2.75) is 12.5 Å². The normalized spacial score (nSPS) is 12.6. The Morgan fingerprint density at radius 1 is 1.41 bits per heavy atom. The van der Waals surface area contributed by atoms with E-state index in [9.17, 15) is 0 Å². The van der Waals surface area contributed by atoms with E-state index in [1.807, 2.05) is 13.1 Å². The minimum Gasteiger partial charge on any atom is -0.472 e. The Balaban J connectivity index is 2.25. The predicted octanol–water partition coefficient (Wildman–Crippen LogP) is 4.15. The van der Waals surface area contributed by atoms with Crippen LogP contribution in [0.1, 0.15) is 17.2 Å². The summed E-state index contributed by atoms with van der Waals surface area (Å²) in [5, 5.41) is 3.35. The third-order valence-corrected chi connectivity index (χ3v) is 4.10.